The minimum atomic E-state index is -0.384. The van der Waals surface area contributed by atoms with Crippen molar-refractivity contribution in [1.29, 1.82) is 0 Å². The van der Waals surface area contributed by atoms with E-state index >= 15 is 0 Å². The van der Waals surface area contributed by atoms with Crippen LogP contribution in [0.25, 0.3) is 10.2 Å². The number of aromatic nitrogens is 2. The molecule has 4 nitrogen and oxygen atoms in total. The number of amides is 1. The third kappa shape index (κ3) is 2.26. The summed E-state index contributed by atoms with van der Waals surface area (Å²) >= 11 is 7.37. The molecule has 0 N–H and O–H groups in total. The highest BCUT2D eigenvalue weighted by Gasteiger charge is 2.10. The van der Waals surface area contributed by atoms with E-state index in [9.17, 15) is 4.79 Å². The number of pyridine rings is 1. The van der Waals surface area contributed by atoms with Crippen molar-refractivity contribution in [3.63, 3.8) is 0 Å². The van der Waals surface area contributed by atoms with Gasteiger partial charge in [-0.05, 0) is 24.3 Å². The molecule has 0 unspecified atom stereocenters. The van der Waals surface area contributed by atoms with E-state index in [-0.39, 0.29) is 11.1 Å². The third-order valence-corrected chi connectivity index (χ3v) is 4.32. The maximum atomic E-state index is 12.2. The van der Waals surface area contributed by atoms with Crippen molar-refractivity contribution >= 4 is 39.1 Å². The van der Waals surface area contributed by atoms with E-state index in [1.807, 2.05) is 35.9 Å². The van der Waals surface area contributed by atoms with Crippen LogP contribution in [0.2, 0.25) is 5.15 Å². The molecule has 0 fully saturated rings. The van der Waals surface area contributed by atoms with Gasteiger partial charge in [-0.15, -0.1) is 0 Å². The lowest BCUT2D eigenvalue weighted by molar-refractivity contribution is 0.0998. The minimum Gasteiger partial charge on any atom is -0.319 e. The number of rotatable bonds is 1. The van der Waals surface area contributed by atoms with Crippen LogP contribution in [-0.2, 0) is 7.05 Å². The average molecular weight is 304 g/mol. The van der Waals surface area contributed by atoms with Crippen molar-refractivity contribution in [2.24, 2.45) is 12.0 Å². The molecule has 0 aliphatic rings. The molecule has 0 saturated heterocycles. The molecule has 3 aromatic rings. The fourth-order valence-corrected chi connectivity index (χ4v) is 3.10. The molecule has 0 spiro atoms. The molecule has 0 radical (unpaired) electrons. The van der Waals surface area contributed by atoms with Gasteiger partial charge in [-0.1, -0.05) is 35.1 Å². The molecule has 20 heavy (non-hydrogen) atoms. The number of thiazole rings is 1. The lowest BCUT2D eigenvalue weighted by Crippen LogP contribution is -2.13. The van der Waals surface area contributed by atoms with Gasteiger partial charge >= 0.3 is 0 Å². The van der Waals surface area contributed by atoms with Crippen molar-refractivity contribution in [3.8, 4) is 0 Å². The Hall–Kier alpha value is -1.98. The van der Waals surface area contributed by atoms with Gasteiger partial charge in [-0.2, -0.15) is 4.99 Å². The fourth-order valence-electron chi connectivity index (χ4n) is 1.88. The zero-order valence-electron chi connectivity index (χ0n) is 10.6. The molecule has 0 atom stereocenters. The zero-order chi connectivity index (χ0) is 14.1. The second kappa shape index (κ2) is 5.19. The molecule has 0 bridgehead atoms. The van der Waals surface area contributed by atoms with Crippen LogP contribution in [0.1, 0.15) is 10.4 Å². The van der Waals surface area contributed by atoms with Crippen LogP contribution < -0.4 is 4.80 Å². The average Bonchev–Trinajstić information content (AvgIpc) is 2.76. The SMILES string of the molecule is Cn1c(=NC(=O)c2cccnc2Cl)sc2ccccc21. The number of hydrogen-bond acceptors (Lipinski definition) is 3. The van der Waals surface area contributed by atoms with Crippen molar-refractivity contribution in [2.45, 2.75) is 0 Å². The molecule has 6 heteroatoms. The highest BCUT2D eigenvalue weighted by Crippen LogP contribution is 2.16. The van der Waals surface area contributed by atoms with Crippen LogP contribution in [-0.4, -0.2) is 15.5 Å². The summed E-state index contributed by atoms with van der Waals surface area (Å²) < 4.78 is 2.97. The fraction of sp³-hybridized carbons (Fsp3) is 0.0714. The van der Waals surface area contributed by atoms with E-state index in [0.717, 1.165) is 10.2 Å². The van der Waals surface area contributed by atoms with Gasteiger partial charge in [-0.25, -0.2) is 4.98 Å². The highest BCUT2D eigenvalue weighted by atomic mass is 35.5. The summed E-state index contributed by atoms with van der Waals surface area (Å²) in [4.78, 5) is 20.8. The molecular formula is C14H10ClN3OS. The molecule has 3 rings (SSSR count). The molecular weight excluding hydrogens is 294 g/mol. The van der Waals surface area contributed by atoms with Gasteiger partial charge in [0.2, 0.25) is 0 Å². The number of benzene rings is 1. The van der Waals surface area contributed by atoms with Crippen molar-refractivity contribution in [2.75, 3.05) is 0 Å². The quantitative estimate of drug-likeness (QED) is 0.649. The maximum absolute atomic E-state index is 12.2. The maximum Gasteiger partial charge on any atom is 0.282 e. The summed E-state index contributed by atoms with van der Waals surface area (Å²) in [5.74, 6) is -0.384. The number of fused-ring (bicyclic) bond motifs is 1. The second-order valence-corrected chi connectivity index (χ2v) is 5.54. The number of carbonyl (C=O) groups is 1. The molecule has 0 aliphatic heterocycles. The Morgan fingerprint density at radius 1 is 1.30 bits per heavy atom. The Balaban J connectivity index is 2.13. The van der Waals surface area contributed by atoms with E-state index in [1.165, 1.54) is 11.3 Å². The van der Waals surface area contributed by atoms with Gasteiger partial charge in [0, 0.05) is 13.2 Å². The van der Waals surface area contributed by atoms with Gasteiger partial charge in [-0.3, -0.25) is 4.79 Å². The predicted molar refractivity (Wildman–Crippen MR) is 79.9 cm³/mol. The van der Waals surface area contributed by atoms with Crippen LogP contribution in [0.3, 0.4) is 0 Å². The van der Waals surface area contributed by atoms with E-state index in [4.69, 9.17) is 11.6 Å². The number of nitrogens with zero attached hydrogens (tertiary/aromatic N) is 3. The standard InChI is InChI=1S/C14H10ClN3OS/c1-18-10-6-2-3-7-11(10)20-14(18)17-13(19)9-5-4-8-16-12(9)15/h2-8H,1H3. The van der Waals surface area contributed by atoms with Gasteiger partial charge < -0.3 is 4.57 Å². The Bertz CT molecular complexity index is 866. The molecule has 1 aromatic carbocycles. The van der Waals surface area contributed by atoms with Crippen LogP contribution in [0, 0.1) is 0 Å². The van der Waals surface area contributed by atoms with E-state index in [2.05, 4.69) is 9.98 Å². The number of hydrogen-bond donors (Lipinski definition) is 0. The molecule has 2 heterocycles. The number of halogens is 1. The summed E-state index contributed by atoms with van der Waals surface area (Å²) in [5.41, 5.74) is 1.35. The van der Waals surface area contributed by atoms with Gasteiger partial charge in [0.1, 0.15) is 5.15 Å². The topological polar surface area (TPSA) is 47.2 Å². The van der Waals surface area contributed by atoms with Crippen LogP contribution in [0.4, 0.5) is 0 Å². The minimum absolute atomic E-state index is 0.171. The Morgan fingerprint density at radius 3 is 2.85 bits per heavy atom. The summed E-state index contributed by atoms with van der Waals surface area (Å²) in [6.45, 7) is 0. The van der Waals surface area contributed by atoms with Crippen LogP contribution in [0.15, 0.2) is 47.6 Å². The van der Waals surface area contributed by atoms with Crippen molar-refractivity contribution in [3.05, 3.63) is 58.1 Å². The summed E-state index contributed by atoms with van der Waals surface area (Å²) in [7, 11) is 1.88. The van der Waals surface area contributed by atoms with Crippen molar-refractivity contribution < 1.29 is 4.79 Å². The lowest BCUT2D eigenvalue weighted by Gasteiger charge is -1.97. The Morgan fingerprint density at radius 2 is 2.10 bits per heavy atom. The molecule has 2 aromatic heterocycles. The number of carbonyl (C=O) groups excluding carboxylic acids is 1. The first-order chi connectivity index (χ1) is 9.66. The highest BCUT2D eigenvalue weighted by molar-refractivity contribution is 7.16. The predicted octanol–water partition coefficient (Wildman–Crippen LogP) is 3.03. The largest absolute Gasteiger partial charge is 0.319 e. The molecule has 1 amide bonds. The van der Waals surface area contributed by atoms with Crippen molar-refractivity contribution in [1.82, 2.24) is 9.55 Å². The Labute approximate surface area is 124 Å². The summed E-state index contributed by atoms with van der Waals surface area (Å²) in [5, 5.41) is 0.171. The van der Waals surface area contributed by atoms with Crippen LogP contribution >= 0.6 is 22.9 Å². The monoisotopic (exact) mass is 303 g/mol. The van der Waals surface area contributed by atoms with Crippen LogP contribution in [0.5, 0.6) is 0 Å². The zero-order valence-corrected chi connectivity index (χ0v) is 12.1. The first-order valence-electron chi connectivity index (χ1n) is 5.91. The first-order valence-corrected chi connectivity index (χ1v) is 7.10. The lowest BCUT2D eigenvalue weighted by atomic mass is 10.3. The molecule has 0 saturated carbocycles. The van der Waals surface area contributed by atoms with E-state index < -0.39 is 0 Å². The summed E-state index contributed by atoms with van der Waals surface area (Å²) in [6.07, 6.45) is 1.54. The van der Waals surface area contributed by atoms with E-state index in [1.54, 1.807) is 18.3 Å². The normalized spacial score (nSPS) is 12.0. The van der Waals surface area contributed by atoms with Gasteiger partial charge in [0.05, 0.1) is 15.8 Å². The Kier molecular flexibility index (Phi) is 3.38. The van der Waals surface area contributed by atoms with Gasteiger partial charge in [0.15, 0.2) is 4.80 Å². The van der Waals surface area contributed by atoms with Gasteiger partial charge in [0.25, 0.3) is 5.91 Å². The second-order valence-electron chi connectivity index (χ2n) is 4.17. The number of aryl methyl sites for hydroxylation is 1. The third-order valence-electron chi connectivity index (χ3n) is 2.90. The smallest absolute Gasteiger partial charge is 0.282 e. The first kappa shape index (κ1) is 13.0. The molecule has 0 aliphatic carbocycles. The number of para-hydroxylation sites is 1. The molecule has 100 valence electrons. The summed E-state index contributed by atoms with van der Waals surface area (Å²) in [6, 6.07) is 11.2. The van der Waals surface area contributed by atoms with E-state index in [0.29, 0.717) is 10.4 Å².